The van der Waals surface area contributed by atoms with Crippen LogP contribution in [0.4, 0.5) is 0 Å². The summed E-state index contributed by atoms with van der Waals surface area (Å²) < 4.78 is 1.59. The molecule has 0 radical (unpaired) electrons. The van der Waals surface area contributed by atoms with Crippen LogP contribution >= 0.6 is 0 Å². The topological polar surface area (TPSA) is 116 Å². The van der Waals surface area contributed by atoms with E-state index in [1.54, 1.807) is 4.57 Å². The molecule has 4 saturated carbocycles. The molecular formula is C23H36N2O5. The number of aromatic hydroxyl groups is 1. The van der Waals surface area contributed by atoms with Gasteiger partial charge in [-0.3, -0.25) is 14.3 Å². The van der Waals surface area contributed by atoms with Crippen LogP contribution in [-0.4, -0.2) is 36.9 Å². The highest BCUT2D eigenvalue weighted by molar-refractivity contribution is 5.66. The molecule has 1 heterocycles. The molecule has 0 saturated heterocycles. The largest absolute Gasteiger partial charge is 0.493 e. The summed E-state index contributed by atoms with van der Waals surface area (Å²) in [5.74, 6) is 1.49. The predicted octanol–water partition coefficient (Wildman–Crippen LogP) is 3.43. The molecule has 1 aromatic rings. The van der Waals surface area contributed by atoms with Gasteiger partial charge in [-0.1, -0.05) is 12.8 Å². The third-order valence-electron chi connectivity index (χ3n) is 8.04. The molecule has 1 unspecified atom stereocenters. The number of unbranched alkanes of at least 4 members (excludes halogenated alkanes) is 3. The van der Waals surface area contributed by atoms with Crippen molar-refractivity contribution in [3.05, 3.63) is 16.2 Å². The molecule has 0 amide bonds. The summed E-state index contributed by atoms with van der Waals surface area (Å²) >= 11 is 0. The van der Waals surface area contributed by atoms with E-state index >= 15 is 0 Å². The highest BCUT2D eigenvalue weighted by Crippen LogP contribution is 2.61. The second kappa shape index (κ2) is 8.77. The normalized spacial score (nSPS) is 30.6. The second-order valence-corrected chi connectivity index (χ2v) is 10.3. The van der Waals surface area contributed by atoms with E-state index in [2.05, 4.69) is 4.98 Å². The molecule has 4 N–H and O–H groups in total. The Bertz CT molecular complexity index is 776. The van der Waals surface area contributed by atoms with E-state index in [0.29, 0.717) is 31.5 Å². The highest BCUT2D eigenvalue weighted by Gasteiger charge is 2.53. The Kier molecular flexibility index (Phi) is 6.28. The summed E-state index contributed by atoms with van der Waals surface area (Å²) in [5, 5.41) is 30.0. The minimum absolute atomic E-state index is 0.0427. The number of nitrogens with one attached hydrogen (secondary N) is 1. The summed E-state index contributed by atoms with van der Waals surface area (Å²) in [4.78, 5) is 25.4. The van der Waals surface area contributed by atoms with Gasteiger partial charge in [-0.15, -0.1) is 0 Å². The standard InChI is InChI=1S/C23H36N2O5/c26-19(23-12-15-9-16(13-23)11-17(10-15)14-23)7-8-25-18(21(29)24-22(25)30)5-3-1-2-4-6-20(27)28/h15-17,19,26,29H,1-14H2,(H,24,30)(H,27,28). The molecule has 4 aliphatic rings. The van der Waals surface area contributed by atoms with Crippen LogP contribution in [0.5, 0.6) is 5.88 Å². The predicted molar refractivity (Wildman–Crippen MR) is 112 cm³/mol. The fourth-order valence-electron chi connectivity index (χ4n) is 7.05. The Morgan fingerprint density at radius 1 is 1.07 bits per heavy atom. The number of aliphatic hydroxyl groups is 1. The first-order valence-electron chi connectivity index (χ1n) is 11.8. The number of aromatic nitrogens is 2. The van der Waals surface area contributed by atoms with Crippen LogP contribution in [0.2, 0.25) is 0 Å². The zero-order chi connectivity index (χ0) is 21.3. The maximum absolute atomic E-state index is 12.3. The number of aromatic amines is 1. The number of carbonyl (C=O) groups is 1. The quantitative estimate of drug-likeness (QED) is 0.409. The number of H-pyrrole nitrogens is 1. The summed E-state index contributed by atoms with van der Waals surface area (Å²) in [6, 6.07) is 0. The first-order valence-corrected chi connectivity index (χ1v) is 11.8. The summed E-state index contributed by atoms with van der Waals surface area (Å²) in [6.45, 7) is 0.424. The van der Waals surface area contributed by atoms with Crippen molar-refractivity contribution < 1.29 is 20.1 Å². The van der Waals surface area contributed by atoms with Crippen LogP contribution in [0.15, 0.2) is 4.79 Å². The van der Waals surface area contributed by atoms with Gasteiger partial charge >= 0.3 is 11.7 Å². The zero-order valence-electron chi connectivity index (χ0n) is 17.8. The third kappa shape index (κ3) is 4.46. The van der Waals surface area contributed by atoms with Gasteiger partial charge in [0.05, 0.1) is 11.8 Å². The second-order valence-electron chi connectivity index (χ2n) is 10.3. The van der Waals surface area contributed by atoms with Crippen LogP contribution in [0.25, 0.3) is 0 Å². The lowest BCUT2D eigenvalue weighted by Crippen LogP contribution is -2.51. The number of nitrogens with zero attached hydrogens (tertiary/aromatic N) is 1. The summed E-state index contributed by atoms with van der Waals surface area (Å²) in [7, 11) is 0. The number of imidazole rings is 1. The van der Waals surface area contributed by atoms with Gasteiger partial charge in [0.1, 0.15) is 0 Å². The number of hydrogen-bond donors (Lipinski definition) is 4. The monoisotopic (exact) mass is 420 g/mol. The third-order valence-corrected chi connectivity index (χ3v) is 8.04. The minimum Gasteiger partial charge on any atom is -0.493 e. The highest BCUT2D eigenvalue weighted by atomic mass is 16.4. The van der Waals surface area contributed by atoms with E-state index in [1.807, 2.05) is 0 Å². The Hall–Kier alpha value is -1.76. The van der Waals surface area contributed by atoms with Crippen molar-refractivity contribution in [1.29, 1.82) is 0 Å². The molecule has 0 aliphatic heterocycles. The molecule has 1 atom stereocenters. The number of hydrogen-bond acceptors (Lipinski definition) is 4. The fraction of sp³-hybridized carbons (Fsp3) is 0.826. The van der Waals surface area contributed by atoms with Crippen molar-refractivity contribution in [2.75, 3.05) is 0 Å². The van der Waals surface area contributed by atoms with Gasteiger partial charge < -0.3 is 15.3 Å². The Balaban J connectivity index is 1.32. The first kappa shape index (κ1) is 21.5. The van der Waals surface area contributed by atoms with Crippen LogP contribution in [0.3, 0.4) is 0 Å². The molecule has 1 aromatic heterocycles. The maximum Gasteiger partial charge on any atom is 0.328 e. The Morgan fingerprint density at radius 3 is 2.27 bits per heavy atom. The molecular weight excluding hydrogens is 384 g/mol. The van der Waals surface area contributed by atoms with Gasteiger partial charge in [0, 0.05) is 13.0 Å². The molecule has 4 bridgehead atoms. The van der Waals surface area contributed by atoms with Gasteiger partial charge in [0.2, 0.25) is 5.88 Å². The molecule has 5 rings (SSSR count). The zero-order valence-corrected chi connectivity index (χ0v) is 17.8. The van der Waals surface area contributed by atoms with Crippen molar-refractivity contribution in [3.8, 4) is 5.88 Å². The Labute approximate surface area is 177 Å². The van der Waals surface area contributed by atoms with Crippen LogP contribution in [0.1, 0.15) is 82.7 Å². The lowest BCUT2D eigenvalue weighted by atomic mass is 9.48. The number of carboxylic acids is 1. The molecule has 0 spiro atoms. The SMILES string of the molecule is O=C(O)CCCCCCc1c(O)[nH]c(=O)n1CCC(O)C12CC3CC(CC(C3)C1)C2. The van der Waals surface area contributed by atoms with Crippen LogP contribution < -0.4 is 5.69 Å². The number of rotatable bonds is 11. The van der Waals surface area contributed by atoms with Gasteiger partial charge in [0.25, 0.3) is 0 Å². The van der Waals surface area contributed by atoms with Gasteiger partial charge in [0.15, 0.2) is 0 Å². The molecule has 30 heavy (non-hydrogen) atoms. The number of aliphatic hydroxyl groups excluding tert-OH is 1. The molecule has 7 heteroatoms. The van der Waals surface area contributed by atoms with E-state index in [-0.39, 0.29) is 23.4 Å². The Morgan fingerprint density at radius 2 is 1.67 bits per heavy atom. The van der Waals surface area contributed by atoms with Gasteiger partial charge in [-0.25, -0.2) is 4.79 Å². The van der Waals surface area contributed by atoms with Crippen molar-refractivity contribution in [2.45, 2.75) is 96.1 Å². The first-order chi connectivity index (χ1) is 14.4. The van der Waals surface area contributed by atoms with Crippen molar-refractivity contribution in [2.24, 2.45) is 23.2 Å². The van der Waals surface area contributed by atoms with E-state index in [4.69, 9.17) is 5.11 Å². The molecule has 7 nitrogen and oxygen atoms in total. The van der Waals surface area contributed by atoms with E-state index in [0.717, 1.165) is 56.3 Å². The van der Waals surface area contributed by atoms with Crippen LogP contribution in [0, 0.1) is 23.2 Å². The lowest BCUT2D eigenvalue weighted by molar-refractivity contribution is -0.137. The number of aliphatic carboxylic acids is 1. The fourth-order valence-corrected chi connectivity index (χ4v) is 7.05. The lowest BCUT2D eigenvalue weighted by Gasteiger charge is -2.58. The van der Waals surface area contributed by atoms with Crippen LogP contribution in [-0.2, 0) is 17.8 Å². The van der Waals surface area contributed by atoms with E-state index < -0.39 is 12.1 Å². The van der Waals surface area contributed by atoms with Gasteiger partial charge in [-0.05, 0) is 87.4 Å². The molecule has 4 fully saturated rings. The number of carboxylic acid groups (broad SMARTS) is 1. The summed E-state index contributed by atoms with van der Waals surface area (Å²) in [6.07, 6.45) is 11.5. The smallest absolute Gasteiger partial charge is 0.328 e. The minimum atomic E-state index is -0.773. The summed E-state index contributed by atoms with van der Waals surface area (Å²) in [5.41, 5.74) is 0.336. The average Bonchev–Trinajstić information content (AvgIpc) is 2.93. The molecule has 168 valence electrons. The average molecular weight is 421 g/mol. The van der Waals surface area contributed by atoms with Crippen molar-refractivity contribution in [1.82, 2.24) is 9.55 Å². The van der Waals surface area contributed by atoms with Gasteiger partial charge in [-0.2, -0.15) is 0 Å². The molecule has 4 aliphatic carbocycles. The van der Waals surface area contributed by atoms with E-state index in [1.165, 1.54) is 19.3 Å². The molecule has 0 aromatic carbocycles. The van der Waals surface area contributed by atoms with Crippen molar-refractivity contribution >= 4 is 5.97 Å². The maximum atomic E-state index is 12.3. The van der Waals surface area contributed by atoms with E-state index in [9.17, 15) is 19.8 Å². The van der Waals surface area contributed by atoms with Crippen molar-refractivity contribution in [3.63, 3.8) is 0 Å².